The van der Waals surface area contributed by atoms with Crippen LogP contribution in [0.5, 0.6) is 0 Å². The highest BCUT2D eigenvalue weighted by Gasteiger charge is 2.32. The lowest BCUT2D eigenvalue weighted by atomic mass is 9.93. The molecule has 0 aliphatic carbocycles. The molecule has 2 heterocycles. The topological polar surface area (TPSA) is 81.5 Å². The Labute approximate surface area is 220 Å². The van der Waals surface area contributed by atoms with Gasteiger partial charge in [0.15, 0.2) is 0 Å². The number of methoxy groups -OCH3 is 1. The molecule has 1 aromatic heterocycles. The minimum atomic E-state index is -4.56. The number of hydrogen-bond donors (Lipinski definition) is 0. The maximum atomic E-state index is 13.3. The van der Waals surface area contributed by atoms with Crippen molar-refractivity contribution in [1.82, 2.24) is 14.7 Å². The number of ether oxygens (including phenoxy) is 1. The largest absolute Gasteiger partial charge is 0.469 e. The van der Waals surface area contributed by atoms with Crippen molar-refractivity contribution >= 4 is 51.9 Å². The number of piperidine rings is 1. The van der Waals surface area contributed by atoms with Gasteiger partial charge in [-0.05, 0) is 55.5 Å². The van der Waals surface area contributed by atoms with Crippen molar-refractivity contribution in [1.29, 1.82) is 0 Å². The SMILES string of the molecule is COC(=O)CC1CCN(C(=O)c2ccc(Cl)c(C(=O)n3cc4cc(C(F)(F)F)cc(C)c4n3)c2Cl)CC1. The third-order valence-corrected chi connectivity index (χ3v) is 7.16. The van der Waals surface area contributed by atoms with E-state index in [0.29, 0.717) is 25.9 Å². The van der Waals surface area contributed by atoms with Crippen LogP contribution in [0.1, 0.15) is 51.1 Å². The fourth-order valence-corrected chi connectivity index (χ4v) is 5.05. The molecule has 0 bridgehead atoms. The summed E-state index contributed by atoms with van der Waals surface area (Å²) in [5.74, 6) is -1.39. The fraction of sp³-hybridized carbons (Fsp3) is 0.360. The number of amides is 1. The minimum absolute atomic E-state index is 0.0319. The van der Waals surface area contributed by atoms with Crippen LogP contribution in [-0.2, 0) is 15.7 Å². The number of halogens is 5. The zero-order valence-electron chi connectivity index (χ0n) is 19.9. The van der Waals surface area contributed by atoms with E-state index in [1.807, 2.05) is 0 Å². The first-order valence-electron chi connectivity index (χ1n) is 11.4. The molecular weight excluding hydrogens is 534 g/mol. The van der Waals surface area contributed by atoms with Crippen molar-refractivity contribution in [3.63, 3.8) is 0 Å². The zero-order valence-corrected chi connectivity index (χ0v) is 21.4. The van der Waals surface area contributed by atoms with E-state index >= 15 is 0 Å². The Kier molecular flexibility index (Phi) is 7.52. The lowest BCUT2D eigenvalue weighted by molar-refractivity contribution is -0.142. The van der Waals surface area contributed by atoms with E-state index in [-0.39, 0.29) is 55.9 Å². The number of likely N-dealkylation sites (tertiary alicyclic amines) is 1. The minimum Gasteiger partial charge on any atom is -0.469 e. The Morgan fingerprint density at radius 2 is 1.78 bits per heavy atom. The highest BCUT2D eigenvalue weighted by atomic mass is 35.5. The summed E-state index contributed by atoms with van der Waals surface area (Å²) >= 11 is 12.8. The Balaban J connectivity index is 1.61. The molecular formula is C25H22Cl2F3N3O4. The first kappa shape index (κ1) is 26.9. The van der Waals surface area contributed by atoms with Gasteiger partial charge in [0.2, 0.25) is 0 Å². The van der Waals surface area contributed by atoms with Crippen molar-refractivity contribution in [3.05, 3.63) is 62.8 Å². The molecule has 3 aromatic rings. The van der Waals surface area contributed by atoms with Crippen LogP contribution in [0, 0.1) is 12.8 Å². The quantitative estimate of drug-likeness (QED) is 0.381. The van der Waals surface area contributed by atoms with Crippen molar-refractivity contribution in [2.24, 2.45) is 5.92 Å². The molecule has 196 valence electrons. The van der Waals surface area contributed by atoms with Gasteiger partial charge in [-0.25, -0.2) is 4.68 Å². The third-order valence-electron chi connectivity index (χ3n) is 6.45. The smallest absolute Gasteiger partial charge is 0.416 e. The highest BCUT2D eigenvalue weighted by molar-refractivity contribution is 6.41. The van der Waals surface area contributed by atoms with Gasteiger partial charge in [-0.3, -0.25) is 14.4 Å². The van der Waals surface area contributed by atoms with Crippen LogP contribution in [0.2, 0.25) is 10.0 Å². The van der Waals surface area contributed by atoms with Gasteiger partial charge in [0, 0.05) is 31.1 Å². The Bertz CT molecular complexity index is 1400. The molecule has 37 heavy (non-hydrogen) atoms. The maximum Gasteiger partial charge on any atom is 0.416 e. The predicted octanol–water partition coefficient (Wildman–Crippen LogP) is 5.77. The van der Waals surface area contributed by atoms with Crippen LogP contribution in [-0.4, -0.2) is 52.7 Å². The average molecular weight is 556 g/mol. The monoisotopic (exact) mass is 555 g/mol. The number of fused-ring (bicyclic) bond motifs is 1. The molecule has 1 aliphatic rings. The number of alkyl halides is 3. The Hall–Kier alpha value is -3.11. The number of esters is 1. The summed E-state index contributed by atoms with van der Waals surface area (Å²) in [6.07, 6.45) is -1.89. The summed E-state index contributed by atoms with van der Waals surface area (Å²) in [6, 6.07) is 4.65. The molecule has 0 N–H and O–H groups in total. The standard InChI is InChI=1S/C25H22Cl2F3N3O4/c1-13-9-16(25(28,29)30)11-15-12-33(31-22(13)15)24(36)20-18(26)4-3-17(21(20)27)23(35)32-7-5-14(6-8-32)10-19(34)37-2/h3-4,9,11-12,14H,5-8,10H2,1-2H3. The number of carbonyl (C=O) groups is 3. The summed E-state index contributed by atoms with van der Waals surface area (Å²) in [4.78, 5) is 39.6. The highest BCUT2D eigenvalue weighted by Crippen LogP contribution is 2.34. The lowest BCUT2D eigenvalue weighted by Crippen LogP contribution is -2.39. The van der Waals surface area contributed by atoms with Crippen LogP contribution in [0.15, 0.2) is 30.5 Å². The van der Waals surface area contributed by atoms with Crippen LogP contribution in [0.25, 0.3) is 10.9 Å². The summed E-state index contributed by atoms with van der Waals surface area (Å²) in [5, 5.41) is 4.06. The molecule has 0 unspecified atom stereocenters. The van der Waals surface area contributed by atoms with Crippen molar-refractivity contribution in [3.8, 4) is 0 Å². The Morgan fingerprint density at radius 3 is 2.41 bits per heavy atom. The molecule has 0 saturated carbocycles. The van der Waals surface area contributed by atoms with Gasteiger partial charge in [-0.1, -0.05) is 23.2 Å². The van der Waals surface area contributed by atoms with E-state index in [4.69, 9.17) is 27.9 Å². The Morgan fingerprint density at radius 1 is 1.11 bits per heavy atom. The maximum absolute atomic E-state index is 13.3. The van der Waals surface area contributed by atoms with E-state index in [1.165, 1.54) is 32.4 Å². The second kappa shape index (κ2) is 10.3. The molecule has 4 rings (SSSR count). The molecule has 1 aliphatic heterocycles. The summed E-state index contributed by atoms with van der Waals surface area (Å²) in [5.41, 5.74) is -0.517. The molecule has 0 atom stereocenters. The average Bonchev–Trinajstić information content (AvgIpc) is 3.29. The van der Waals surface area contributed by atoms with Crippen LogP contribution < -0.4 is 0 Å². The fourth-order valence-electron chi connectivity index (χ4n) is 4.44. The number of rotatable bonds is 4. The summed E-state index contributed by atoms with van der Waals surface area (Å²) in [7, 11) is 1.33. The van der Waals surface area contributed by atoms with Crippen molar-refractivity contribution < 1.29 is 32.3 Å². The van der Waals surface area contributed by atoms with Gasteiger partial charge in [-0.2, -0.15) is 18.3 Å². The van der Waals surface area contributed by atoms with Crippen LogP contribution >= 0.6 is 23.2 Å². The van der Waals surface area contributed by atoms with E-state index in [0.717, 1.165) is 16.8 Å². The number of hydrogen-bond acceptors (Lipinski definition) is 5. The molecule has 7 nitrogen and oxygen atoms in total. The number of carbonyl (C=O) groups excluding carboxylic acids is 3. The van der Waals surface area contributed by atoms with Crippen molar-refractivity contribution in [2.75, 3.05) is 20.2 Å². The van der Waals surface area contributed by atoms with E-state index < -0.39 is 23.6 Å². The number of aromatic nitrogens is 2. The first-order chi connectivity index (χ1) is 17.4. The first-order valence-corrected chi connectivity index (χ1v) is 12.1. The molecule has 1 amide bonds. The second-order valence-electron chi connectivity index (χ2n) is 8.91. The van der Waals surface area contributed by atoms with Gasteiger partial charge in [0.05, 0.1) is 39.4 Å². The van der Waals surface area contributed by atoms with Crippen LogP contribution in [0.4, 0.5) is 13.2 Å². The molecule has 12 heteroatoms. The van der Waals surface area contributed by atoms with Gasteiger partial charge in [0.1, 0.15) is 0 Å². The summed E-state index contributed by atoms with van der Waals surface area (Å²) < 4.78 is 45.2. The zero-order chi connectivity index (χ0) is 27.1. The van der Waals surface area contributed by atoms with E-state index in [1.54, 1.807) is 4.90 Å². The molecule has 1 fully saturated rings. The molecule has 1 saturated heterocycles. The number of nitrogens with zero attached hydrogens (tertiary/aromatic N) is 3. The second-order valence-corrected chi connectivity index (χ2v) is 9.69. The number of aryl methyl sites for hydroxylation is 1. The van der Waals surface area contributed by atoms with E-state index in [2.05, 4.69) is 5.10 Å². The molecule has 0 radical (unpaired) electrons. The summed E-state index contributed by atoms with van der Waals surface area (Å²) in [6.45, 7) is 2.26. The third kappa shape index (κ3) is 5.45. The van der Waals surface area contributed by atoms with Crippen molar-refractivity contribution in [2.45, 2.75) is 32.4 Å². The normalized spacial score (nSPS) is 14.7. The van der Waals surface area contributed by atoms with Gasteiger partial charge < -0.3 is 9.64 Å². The predicted molar refractivity (Wildman–Crippen MR) is 131 cm³/mol. The van der Waals surface area contributed by atoms with Gasteiger partial charge >= 0.3 is 12.1 Å². The lowest BCUT2D eigenvalue weighted by Gasteiger charge is -2.32. The molecule has 0 spiro atoms. The van der Waals surface area contributed by atoms with Crippen LogP contribution in [0.3, 0.4) is 0 Å². The van der Waals surface area contributed by atoms with Gasteiger partial charge in [0.25, 0.3) is 11.8 Å². The van der Waals surface area contributed by atoms with Gasteiger partial charge in [-0.15, -0.1) is 0 Å². The van der Waals surface area contributed by atoms with E-state index in [9.17, 15) is 27.6 Å². The number of benzene rings is 2. The molecule has 2 aromatic carbocycles.